The first-order chi connectivity index (χ1) is 7.34. The van der Waals surface area contributed by atoms with Crippen LogP contribution in [0.2, 0.25) is 5.02 Å². The molecule has 0 saturated heterocycles. The van der Waals surface area contributed by atoms with Crippen molar-refractivity contribution in [3.05, 3.63) is 23.4 Å². The summed E-state index contributed by atoms with van der Waals surface area (Å²) in [6.45, 7) is 2.09. The molecule has 0 radical (unpaired) electrons. The highest BCUT2D eigenvalue weighted by Gasteiger charge is 1.98. The molecule has 5 heteroatoms. The van der Waals surface area contributed by atoms with Gasteiger partial charge in [-0.05, 0) is 18.6 Å². The zero-order valence-corrected chi connectivity index (χ0v) is 9.89. The SMILES string of the molecule is ClCCOCCCNc1ncccc1Cl. The van der Waals surface area contributed by atoms with Crippen molar-refractivity contribution in [3.8, 4) is 0 Å². The molecule has 0 fully saturated rings. The van der Waals surface area contributed by atoms with Crippen molar-refractivity contribution in [2.24, 2.45) is 0 Å². The maximum atomic E-state index is 5.91. The fourth-order valence-electron chi connectivity index (χ4n) is 1.05. The number of nitrogens with zero attached hydrogens (tertiary/aromatic N) is 1. The Bertz CT molecular complexity index is 284. The van der Waals surface area contributed by atoms with E-state index in [9.17, 15) is 0 Å². The molecule has 3 nitrogen and oxygen atoms in total. The number of alkyl halides is 1. The second-order valence-electron chi connectivity index (χ2n) is 2.92. The van der Waals surface area contributed by atoms with Crippen molar-refractivity contribution in [2.45, 2.75) is 6.42 Å². The van der Waals surface area contributed by atoms with Crippen LogP contribution in [0.25, 0.3) is 0 Å². The molecule has 1 rings (SSSR count). The highest BCUT2D eigenvalue weighted by molar-refractivity contribution is 6.32. The van der Waals surface area contributed by atoms with Crippen LogP contribution in [0.4, 0.5) is 5.82 Å². The van der Waals surface area contributed by atoms with Gasteiger partial charge in [0.2, 0.25) is 0 Å². The number of anilines is 1. The van der Waals surface area contributed by atoms with Gasteiger partial charge in [-0.2, -0.15) is 0 Å². The topological polar surface area (TPSA) is 34.1 Å². The summed E-state index contributed by atoms with van der Waals surface area (Å²) in [5.41, 5.74) is 0. The number of aromatic nitrogens is 1. The van der Waals surface area contributed by atoms with Gasteiger partial charge in [0.25, 0.3) is 0 Å². The van der Waals surface area contributed by atoms with E-state index in [1.165, 1.54) is 0 Å². The molecule has 0 aliphatic carbocycles. The van der Waals surface area contributed by atoms with E-state index < -0.39 is 0 Å². The Balaban J connectivity index is 2.12. The van der Waals surface area contributed by atoms with E-state index in [0.717, 1.165) is 18.8 Å². The lowest BCUT2D eigenvalue weighted by atomic mass is 10.4. The molecule has 15 heavy (non-hydrogen) atoms. The molecule has 0 saturated carbocycles. The molecule has 0 aromatic carbocycles. The van der Waals surface area contributed by atoms with Crippen LogP contribution < -0.4 is 5.32 Å². The number of hydrogen-bond acceptors (Lipinski definition) is 3. The van der Waals surface area contributed by atoms with Gasteiger partial charge >= 0.3 is 0 Å². The van der Waals surface area contributed by atoms with Crippen LogP contribution in [0.15, 0.2) is 18.3 Å². The van der Waals surface area contributed by atoms with E-state index in [1.54, 1.807) is 18.3 Å². The Morgan fingerprint density at radius 2 is 2.27 bits per heavy atom. The summed E-state index contributed by atoms with van der Waals surface area (Å²) in [5, 5.41) is 3.77. The predicted molar refractivity (Wildman–Crippen MR) is 63.9 cm³/mol. The van der Waals surface area contributed by atoms with Crippen LogP contribution in [0, 0.1) is 0 Å². The molecule has 1 heterocycles. The van der Waals surface area contributed by atoms with Crippen LogP contribution in [0.3, 0.4) is 0 Å². The van der Waals surface area contributed by atoms with Crippen molar-refractivity contribution in [1.82, 2.24) is 4.98 Å². The number of ether oxygens (including phenoxy) is 1. The summed E-state index contributed by atoms with van der Waals surface area (Å²) in [5.74, 6) is 1.26. The third kappa shape index (κ3) is 5.21. The highest BCUT2D eigenvalue weighted by Crippen LogP contribution is 2.16. The van der Waals surface area contributed by atoms with Gasteiger partial charge in [-0.1, -0.05) is 11.6 Å². The van der Waals surface area contributed by atoms with Crippen molar-refractivity contribution < 1.29 is 4.74 Å². The van der Waals surface area contributed by atoms with E-state index >= 15 is 0 Å². The molecule has 84 valence electrons. The predicted octanol–water partition coefficient (Wildman–Crippen LogP) is 2.79. The lowest BCUT2D eigenvalue weighted by Gasteiger charge is -2.06. The Labute approximate surface area is 99.7 Å². The summed E-state index contributed by atoms with van der Waals surface area (Å²) in [4.78, 5) is 4.11. The summed E-state index contributed by atoms with van der Waals surface area (Å²) in [7, 11) is 0. The summed E-state index contributed by atoms with van der Waals surface area (Å²) >= 11 is 11.4. The number of pyridine rings is 1. The first kappa shape index (κ1) is 12.6. The molecule has 0 aliphatic heterocycles. The third-order valence-electron chi connectivity index (χ3n) is 1.74. The first-order valence-electron chi connectivity index (χ1n) is 4.82. The van der Waals surface area contributed by atoms with Crippen molar-refractivity contribution in [2.75, 3.05) is 31.0 Å². The maximum Gasteiger partial charge on any atom is 0.144 e. The molecular weight excluding hydrogens is 235 g/mol. The molecule has 1 aromatic rings. The monoisotopic (exact) mass is 248 g/mol. The van der Waals surface area contributed by atoms with Crippen molar-refractivity contribution in [3.63, 3.8) is 0 Å². The average molecular weight is 249 g/mol. The van der Waals surface area contributed by atoms with Crippen LogP contribution in [-0.2, 0) is 4.74 Å². The zero-order valence-electron chi connectivity index (χ0n) is 8.38. The molecule has 1 N–H and O–H groups in total. The first-order valence-corrected chi connectivity index (χ1v) is 5.74. The molecule has 0 bridgehead atoms. The van der Waals surface area contributed by atoms with Gasteiger partial charge in [-0.25, -0.2) is 4.98 Å². The minimum Gasteiger partial charge on any atom is -0.380 e. The second kappa shape index (κ2) is 7.74. The van der Waals surface area contributed by atoms with E-state index in [0.29, 0.717) is 24.1 Å². The van der Waals surface area contributed by atoms with Crippen LogP contribution in [0.5, 0.6) is 0 Å². The molecule has 0 atom stereocenters. The fraction of sp³-hybridized carbons (Fsp3) is 0.500. The number of hydrogen-bond donors (Lipinski definition) is 1. The van der Waals surface area contributed by atoms with Gasteiger partial charge < -0.3 is 10.1 Å². The smallest absolute Gasteiger partial charge is 0.144 e. The minimum absolute atomic E-state index is 0.541. The molecular formula is C10H14Cl2N2O. The second-order valence-corrected chi connectivity index (χ2v) is 3.70. The lowest BCUT2D eigenvalue weighted by molar-refractivity contribution is 0.149. The van der Waals surface area contributed by atoms with Gasteiger partial charge in [0.1, 0.15) is 5.82 Å². The lowest BCUT2D eigenvalue weighted by Crippen LogP contribution is -2.07. The highest BCUT2D eigenvalue weighted by atomic mass is 35.5. The van der Waals surface area contributed by atoms with Crippen LogP contribution in [0.1, 0.15) is 6.42 Å². The normalized spacial score (nSPS) is 10.3. The number of rotatable bonds is 7. The fourth-order valence-corrected chi connectivity index (χ4v) is 1.35. The zero-order chi connectivity index (χ0) is 10.9. The quantitative estimate of drug-likeness (QED) is 0.596. The molecule has 0 spiro atoms. The van der Waals surface area contributed by atoms with Crippen molar-refractivity contribution >= 4 is 29.0 Å². The molecule has 0 amide bonds. The Morgan fingerprint density at radius 1 is 1.40 bits per heavy atom. The number of halogens is 2. The van der Waals surface area contributed by atoms with Crippen LogP contribution >= 0.6 is 23.2 Å². The van der Waals surface area contributed by atoms with E-state index in [4.69, 9.17) is 27.9 Å². The average Bonchev–Trinajstić information content (AvgIpc) is 2.25. The Kier molecular flexibility index (Phi) is 6.48. The van der Waals surface area contributed by atoms with Crippen LogP contribution in [-0.4, -0.2) is 30.6 Å². The Hall–Kier alpha value is -0.510. The standard InChI is InChI=1S/C10H14Cl2N2O/c11-4-8-15-7-2-6-14-10-9(12)3-1-5-13-10/h1,3,5H,2,4,6-8H2,(H,13,14). The van der Waals surface area contributed by atoms with Gasteiger partial charge in [-0.3, -0.25) is 0 Å². The van der Waals surface area contributed by atoms with E-state index in [-0.39, 0.29) is 0 Å². The van der Waals surface area contributed by atoms with Crippen molar-refractivity contribution in [1.29, 1.82) is 0 Å². The maximum absolute atomic E-state index is 5.91. The van der Waals surface area contributed by atoms with Gasteiger partial charge in [0.15, 0.2) is 0 Å². The van der Waals surface area contributed by atoms with Gasteiger partial charge in [-0.15, -0.1) is 11.6 Å². The van der Waals surface area contributed by atoms with E-state index in [1.807, 2.05) is 0 Å². The summed E-state index contributed by atoms with van der Waals surface area (Å²) in [6.07, 6.45) is 2.61. The molecule has 0 unspecified atom stereocenters. The molecule has 1 aromatic heterocycles. The Morgan fingerprint density at radius 3 is 3.00 bits per heavy atom. The van der Waals surface area contributed by atoms with Gasteiger partial charge in [0.05, 0.1) is 11.6 Å². The van der Waals surface area contributed by atoms with Gasteiger partial charge in [0, 0.05) is 25.2 Å². The summed E-state index contributed by atoms with van der Waals surface area (Å²) in [6, 6.07) is 3.61. The minimum atomic E-state index is 0.541. The molecule has 0 aliphatic rings. The largest absolute Gasteiger partial charge is 0.380 e. The third-order valence-corrected chi connectivity index (χ3v) is 2.20. The summed E-state index contributed by atoms with van der Waals surface area (Å²) < 4.78 is 5.23. The number of nitrogens with one attached hydrogen (secondary N) is 1. The van der Waals surface area contributed by atoms with E-state index in [2.05, 4.69) is 10.3 Å².